The Morgan fingerprint density at radius 1 is 0.894 bits per heavy atom. The van der Waals surface area contributed by atoms with E-state index in [1.165, 1.54) is 30.5 Å². The highest BCUT2D eigenvalue weighted by molar-refractivity contribution is 6.30. The summed E-state index contributed by atoms with van der Waals surface area (Å²) < 4.78 is 61.1. The summed E-state index contributed by atoms with van der Waals surface area (Å²) in [5, 5.41) is 5.61. The number of hydrogen-bond acceptors (Lipinski definition) is 7. The number of anilines is 4. The van der Waals surface area contributed by atoms with Gasteiger partial charge in [0.25, 0.3) is 11.9 Å². The molecule has 2 fully saturated rings. The van der Waals surface area contributed by atoms with E-state index in [4.69, 9.17) is 16.0 Å². The summed E-state index contributed by atoms with van der Waals surface area (Å²) in [5.74, 6) is -1.82. The summed E-state index contributed by atoms with van der Waals surface area (Å²) >= 11 is 6.11. The number of pyridine rings is 1. The topological polar surface area (TPSA) is 107 Å². The molecule has 0 radical (unpaired) electrons. The third-order valence-corrected chi connectivity index (χ3v) is 8.42. The number of rotatable bonds is 6. The highest BCUT2D eigenvalue weighted by Crippen LogP contribution is 2.37. The van der Waals surface area contributed by atoms with Crippen molar-refractivity contribution in [3.63, 3.8) is 0 Å². The molecule has 15 heteroatoms. The van der Waals surface area contributed by atoms with Crippen LogP contribution in [0, 0.1) is 5.82 Å². The normalized spacial score (nSPS) is 15.9. The van der Waals surface area contributed by atoms with Crippen molar-refractivity contribution in [2.75, 3.05) is 59.7 Å². The molecule has 4 heterocycles. The van der Waals surface area contributed by atoms with Crippen LogP contribution in [0.5, 0.6) is 0 Å². The van der Waals surface area contributed by atoms with Gasteiger partial charge >= 0.3 is 12.2 Å². The first-order valence-electron chi connectivity index (χ1n) is 15.0. The zero-order valence-electron chi connectivity index (χ0n) is 24.9. The SMILES string of the molecule is O=C(Nc1ccc(N2CCN(C(=O)Nc3ccccc3F)CC2)nc1)c1oc(N2CCC(c3cccc(Cl)c3)CC2)nc1C(F)(F)F. The lowest BCUT2D eigenvalue weighted by atomic mass is 9.90. The van der Waals surface area contributed by atoms with Crippen LogP contribution in [0.25, 0.3) is 0 Å². The molecule has 6 rings (SSSR count). The predicted octanol–water partition coefficient (Wildman–Crippen LogP) is 6.87. The average molecular weight is 672 g/mol. The Bertz CT molecular complexity index is 1740. The Balaban J connectivity index is 1.06. The van der Waals surface area contributed by atoms with Crippen molar-refractivity contribution < 1.29 is 31.6 Å². The molecule has 246 valence electrons. The smallest absolute Gasteiger partial charge is 0.417 e. The molecule has 2 aliphatic rings. The van der Waals surface area contributed by atoms with Gasteiger partial charge in [0, 0.05) is 44.3 Å². The summed E-state index contributed by atoms with van der Waals surface area (Å²) in [6.07, 6.45) is -2.28. The number of para-hydroxylation sites is 1. The summed E-state index contributed by atoms with van der Waals surface area (Å²) in [7, 11) is 0. The van der Waals surface area contributed by atoms with E-state index in [1.54, 1.807) is 28.0 Å². The quantitative estimate of drug-likeness (QED) is 0.216. The number of halogens is 5. The zero-order valence-corrected chi connectivity index (χ0v) is 25.7. The van der Waals surface area contributed by atoms with Crippen molar-refractivity contribution in [3.8, 4) is 0 Å². The van der Waals surface area contributed by atoms with E-state index in [1.807, 2.05) is 23.1 Å². The van der Waals surface area contributed by atoms with Crippen LogP contribution in [-0.2, 0) is 6.18 Å². The lowest BCUT2D eigenvalue weighted by Crippen LogP contribution is -2.50. The number of carbonyl (C=O) groups is 2. The van der Waals surface area contributed by atoms with Crippen LogP contribution in [0.1, 0.15) is 40.6 Å². The Morgan fingerprint density at radius 3 is 2.30 bits per heavy atom. The third-order valence-electron chi connectivity index (χ3n) is 8.19. The molecule has 10 nitrogen and oxygen atoms in total. The maximum absolute atomic E-state index is 13.9. The second-order valence-corrected chi connectivity index (χ2v) is 11.7. The van der Waals surface area contributed by atoms with E-state index in [0.29, 0.717) is 63.0 Å². The molecular weight excluding hydrogens is 642 g/mol. The first-order valence-corrected chi connectivity index (χ1v) is 15.3. The molecule has 4 aromatic rings. The van der Waals surface area contributed by atoms with Gasteiger partial charge in [0.05, 0.1) is 17.6 Å². The number of hydrogen-bond donors (Lipinski definition) is 2. The lowest BCUT2D eigenvalue weighted by Gasteiger charge is -2.35. The van der Waals surface area contributed by atoms with Gasteiger partial charge in [-0.3, -0.25) is 4.79 Å². The van der Waals surface area contributed by atoms with Crippen molar-refractivity contribution >= 4 is 46.7 Å². The number of nitrogens with zero attached hydrogens (tertiary/aromatic N) is 5. The highest BCUT2D eigenvalue weighted by atomic mass is 35.5. The van der Waals surface area contributed by atoms with Gasteiger partial charge in [0.15, 0.2) is 5.69 Å². The van der Waals surface area contributed by atoms with Crippen LogP contribution in [-0.4, -0.2) is 66.1 Å². The van der Waals surface area contributed by atoms with Crippen LogP contribution < -0.4 is 20.4 Å². The largest absolute Gasteiger partial charge is 0.437 e. The minimum atomic E-state index is -4.91. The first-order chi connectivity index (χ1) is 22.5. The molecule has 0 spiro atoms. The Hall–Kier alpha value is -4.85. The first kappa shape index (κ1) is 32.1. The van der Waals surface area contributed by atoms with E-state index >= 15 is 0 Å². The number of alkyl halides is 3. The number of carbonyl (C=O) groups excluding carboxylic acids is 2. The Kier molecular flexibility index (Phi) is 9.21. The minimum Gasteiger partial charge on any atom is -0.417 e. The number of urea groups is 1. The molecule has 2 aromatic carbocycles. The molecule has 0 unspecified atom stereocenters. The van der Waals surface area contributed by atoms with E-state index in [0.717, 1.165) is 5.56 Å². The maximum atomic E-state index is 13.9. The van der Waals surface area contributed by atoms with Crippen molar-refractivity contribution in [2.24, 2.45) is 0 Å². The molecule has 2 aliphatic heterocycles. The van der Waals surface area contributed by atoms with Gasteiger partial charge < -0.3 is 29.8 Å². The summed E-state index contributed by atoms with van der Waals surface area (Å²) in [4.78, 5) is 38.7. The van der Waals surface area contributed by atoms with Crippen molar-refractivity contribution in [1.82, 2.24) is 14.9 Å². The number of amides is 3. The van der Waals surface area contributed by atoms with Gasteiger partial charge in [-0.15, -0.1) is 0 Å². The molecule has 47 heavy (non-hydrogen) atoms. The van der Waals surface area contributed by atoms with Crippen molar-refractivity contribution in [2.45, 2.75) is 24.9 Å². The summed E-state index contributed by atoms with van der Waals surface area (Å²) in [6, 6.07) is 15.9. The summed E-state index contributed by atoms with van der Waals surface area (Å²) in [6.45, 7) is 2.38. The second kappa shape index (κ2) is 13.5. The minimum absolute atomic E-state index is 0.0951. The number of benzene rings is 2. The summed E-state index contributed by atoms with van der Waals surface area (Å²) in [5.41, 5.74) is -0.0808. The van der Waals surface area contributed by atoms with Gasteiger partial charge in [-0.05, 0) is 60.7 Å². The Labute approximate surface area is 272 Å². The number of nitrogens with one attached hydrogen (secondary N) is 2. The van der Waals surface area contributed by atoms with Gasteiger partial charge in [-0.25, -0.2) is 14.2 Å². The van der Waals surface area contributed by atoms with Crippen LogP contribution in [0.15, 0.2) is 71.3 Å². The maximum Gasteiger partial charge on any atom is 0.437 e. The van der Waals surface area contributed by atoms with E-state index < -0.39 is 35.4 Å². The fourth-order valence-corrected chi connectivity index (χ4v) is 5.88. The fourth-order valence-electron chi connectivity index (χ4n) is 5.69. The monoisotopic (exact) mass is 671 g/mol. The predicted molar refractivity (Wildman–Crippen MR) is 169 cm³/mol. The van der Waals surface area contributed by atoms with Gasteiger partial charge in [0.1, 0.15) is 11.6 Å². The highest BCUT2D eigenvalue weighted by Gasteiger charge is 2.42. The molecular formula is C32H30ClF4N7O3. The molecule has 0 aliphatic carbocycles. The van der Waals surface area contributed by atoms with E-state index in [2.05, 4.69) is 20.6 Å². The molecule has 0 saturated carbocycles. The number of oxazole rings is 1. The lowest BCUT2D eigenvalue weighted by molar-refractivity contribution is -0.141. The zero-order chi connectivity index (χ0) is 33.1. The number of piperazine rings is 1. The van der Waals surface area contributed by atoms with Crippen molar-refractivity contribution in [3.05, 3.63) is 94.7 Å². The molecule has 0 bridgehead atoms. The average Bonchev–Trinajstić information content (AvgIpc) is 3.53. The molecule has 3 amide bonds. The van der Waals surface area contributed by atoms with E-state index in [9.17, 15) is 27.2 Å². The van der Waals surface area contributed by atoms with Crippen LogP contribution in [0.3, 0.4) is 0 Å². The third kappa shape index (κ3) is 7.43. The van der Waals surface area contributed by atoms with Gasteiger partial charge in [0.2, 0.25) is 5.76 Å². The van der Waals surface area contributed by atoms with Crippen LogP contribution in [0.4, 0.5) is 45.6 Å². The molecule has 0 atom stereocenters. The van der Waals surface area contributed by atoms with Crippen molar-refractivity contribution in [1.29, 1.82) is 0 Å². The molecule has 2 aromatic heterocycles. The molecule has 2 N–H and O–H groups in total. The fraction of sp³-hybridized carbons (Fsp3) is 0.312. The van der Waals surface area contributed by atoms with Gasteiger partial charge in [-0.2, -0.15) is 18.2 Å². The van der Waals surface area contributed by atoms with E-state index in [-0.39, 0.29) is 23.3 Å². The standard InChI is InChI=1S/C32H30ClF4N7O3/c33-22-5-3-4-21(18-22)20-10-12-44(13-11-20)31-41-28(32(35,36)37)27(47-31)29(45)39-23-8-9-26(38-19-23)42-14-16-43(17-15-42)30(46)40-25-7-2-1-6-24(25)34/h1-9,18-20H,10-17H2,(H,39,45)(H,40,46). The Morgan fingerprint density at radius 2 is 1.64 bits per heavy atom. The molecule has 2 saturated heterocycles. The number of piperidine rings is 1. The second-order valence-electron chi connectivity index (χ2n) is 11.2. The van der Waals surface area contributed by atoms with Crippen LogP contribution >= 0.6 is 11.6 Å². The van der Waals surface area contributed by atoms with Crippen LogP contribution in [0.2, 0.25) is 5.02 Å². The van der Waals surface area contributed by atoms with Gasteiger partial charge in [-0.1, -0.05) is 35.9 Å². The number of aromatic nitrogens is 2.